The highest BCUT2D eigenvalue weighted by atomic mass is 32.2. The fourth-order valence-electron chi connectivity index (χ4n) is 1.84. The van der Waals surface area contributed by atoms with Crippen LogP contribution in [-0.4, -0.2) is 52.8 Å². The topological polar surface area (TPSA) is 119 Å². The van der Waals surface area contributed by atoms with E-state index in [1.807, 2.05) is 0 Å². The number of hydrogen-bond acceptors (Lipinski definition) is 7. The Balaban J connectivity index is 2.65. The summed E-state index contributed by atoms with van der Waals surface area (Å²) in [6, 6.07) is 5.35. The molecule has 1 aromatic rings. The first-order chi connectivity index (χ1) is 11.7. The van der Waals surface area contributed by atoms with Crippen molar-refractivity contribution in [3.63, 3.8) is 0 Å². The Hall–Kier alpha value is -2.62. The van der Waals surface area contributed by atoms with Crippen LogP contribution in [0.4, 0.5) is 0 Å². The normalized spacial score (nSPS) is 11.3. The molecule has 0 unspecified atom stereocenters. The Morgan fingerprint density at radius 1 is 1.28 bits per heavy atom. The number of carbonyl (C=O) groups is 3. The largest absolute Gasteiger partial charge is 0.347 e. The smallest absolute Gasteiger partial charge is 0.294 e. The number of nitrogens with one attached hydrogen (secondary N) is 1. The number of amides is 2. The molecule has 136 valence electrons. The molecule has 0 heterocycles. The lowest BCUT2D eigenvalue weighted by Gasteiger charge is -2.20. The summed E-state index contributed by atoms with van der Waals surface area (Å²) in [4.78, 5) is 51.1. The standard InChI is InChI=1S/C15H19N3O6S/c1-10(19)16-13(14(20)17(2)3)9-25-15(21)12-6-4-11(5-7-12)8-24-18(22)23/h4-7,13H,8-9H2,1-3H3,(H,16,19)/t13-/m0/s1. The van der Waals surface area contributed by atoms with Gasteiger partial charge in [0, 0.05) is 32.3 Å². The van der Waals surface area contributed by atoms with Gasteiger partial charge in [-0.25, -0.2) is 0 Å². The first kappa shape index (κ1) is 20.4. The molecule has 0 saturated heterocycles. The van der Waals surface area contributed by atoms with E-state index < -0.39 is 11.1 Å². The van der Waals surface area contributed by atoms with E-state index in [0.717, 1.165) is 11.8 Å². The van der Waals surface area contributed by atoms with Gasteiger partial charge in [0.05, 0.1) is 0 Å². The van der Waals surface area contributed by atoms with E-state index in [9.17, 15) is 24.5 Å². The Kier molecular flexibility index (Phi) is 7.86. The van der Waals surface area contributed by atoms with Crippen molar-refractivity contribution in [3.05, 3.63) is 45.5 Å². The summed E-state index contributed by atoms with van der Waals surface area (Å²) in [7, 11) is 3.13. The quantitative estimate of drug-likeness (QED) is 0.533. The van der Waals surface area contributed by atoms with Crippen LogP contribution in [0.25, 0.3) is 0 Å². The molecule has 2 amide bonds. The van der Waals surface area contributed by atoms with Crippen LogP contribution >= 0.6 is 11.8 Å². The summed E-state index contributed by atoms with van der Waals surface area (Å²) in [5, 5.41) is 11.5. The van der Waals surface area contributed by atoms with Crippen LogP contribution in [0.15, 0.2) is 24.3 Å². The van der Waals surface area contributed by atoms with Crippen LogP contribution in [0.3, 0.4) is 0 Å². The fourth-order valence-corrected chi connectivity index (χ4v) is 2.69. The zero-order valence-corrected chi connectivity index (χ0v) is 14.9. The highest BCUT2D eigenvalue weighted by Crippen LogP contribution is 2.15. The van der Waals surface area contributed by atoms with Gasteiger partial charge in [-0.15, -0.1) is 10.1 Å². The first-order valence-electron chi connectivity index (χ1n) is 7.22. The monoisotopic (exact) mass is 369 g/mol. The molecule has 25 heavy (non-hydrogen) atoms. The molecule has 1 aromatic carbocycles. The molecule has 1 rings (SSSR count). The van der Waals surface area contributed by atoms with E-state index in [1.54, 1.807) is 26.2 Å². The second-order valence-electron chi connectivity index (χ2n) is 5.28. The van der Waals surface area contributed by atoms with E-state index in [0.29, 0.717) is 11.1 Å². The van der Waals surface area contributed by atoms with Crippen molar-refractivity contribution >= 4 is 28.7 Å². The predicted octanol–water partition coefficient (Wildman–Crippen LogP) is 0.861. The van der Waals surface area contributed by atoms with Crippen LogP contribution in [0.2, 0.25) is 0 Å². The second kappa shape index (κ2) is 9.62. The highest BCUT2D eigenvalue weighted by Gasteiger charge is 2.22. The average molecular weight is 369 g/mol. The summed E-state index contributed by atoms with van der Waals surface area (Å²) < 4.78 is 0. The molecule has 0 fully saturated rings. The molecule has 10 heteroatoms. The third-order valence-electron chi connectivity index (χ3n) is 3.02. The van der Waals surface area contributed by atoms with Crippen molar-refractivity contribution in [1.29, 1.82) is 0 Å². The molecule has 0 aliphatic rings. The van der Waals surface area contributed by atoms with Crippen LogP contribution in [-0.2, 0) is 21.0 Å². The maximum atomic E-state index is 12.2. The molecule has 0 radical (unpaired) electrons. The number of benzene rings is 1. The number of rotatable bonds is 8. The summed E-state index contributed by atoms with van der Waals surface area (Å²) in [6.45, 7) is 1.10. The van der Waals surface area contributed by atoms with Gasteiger partial charge in [0.1, 0.15) is 12.6 Å². The van der Waals surface area contributed by atoms with Gasteiger partial charge in [-0.2, -0.15) is 0 Å². The van der Waals surface area contributed by atoms with Gasteiger partial charge in [-0.3, -0.25) is 14.4 Å². The molecule has 1 atom stereocenters. The van der Waals surface area contributed by atoms with Crippen molar-refractivity contribution in [2.24, 2.45) is 0 Å². The molecule has 1 N–H and O–H groups in total. The predicted molar refractivity (Wildman–Crippen MR) is 91.3 cm³/mol. The Morgan fingerprint density at radius 3 is 2.36 bits per heavy atom. The van der Waals surface area contributed by atoms with Gasteiger partial charge < -0.3 is 15.1 Å². The minimum absolute atomic E-state index is 0.0988. The van der Waals surface area contributed by atoms with E-state index >= 15 is 0 Å². The SMILES string of the molecule is CC(=O)N[C@@H](CSC(=O)c1ccc(CO[N+](=O)[O-])cc1)C(=O)N(C)C. The summed E-state index contributed by atoms with van der Waals surface area (Å²) in [5.41, 5.74) is 0.936. The van der Waals surface area contributed by atoms with Gasteiger partial charge in [-0.1, -0.05) is 36.0 Å². The lowest BCUT2D eigenvalue weighted by atomic mass is 10.2. The van der Waals surface area contributed by atoms with Gasteiger partial charge in [-0.05, 0) is 5.56 Å². The first-order valence-corrected chi connectivity index (χ1v) is 8.21. The Bertz CT molecular complexity index is 647. The van der Waals surface area contributed by atoms with E-state index in [1.165, 1.54) is 24.0 Å². The third kappa shape index (κ3) is 7.21. The molecular weight excluding hydrogens is 350 g/mol. The molecular formula is C15H19N3O6S. The lowest BCUT2D eigenvalue weighted by molar-refractivity contribution is -0.763. The maximum Gasteiger partial charge on any atom is 0.294 e. The Labute approximate surface area is 148 Å². The number of thioether (sulfide) groups is 1. The number of nitrogens with zero attached hydrogens (tertiary/aromatic N) is 2. The molecule has 0 saturated carbocycles. The number of likely N-dealkylation sites (N-methyl/N-ethyl adjacent to an activating group) is 1. The highest BCUT2D eigenvalue weighted by molar-refractivity contribution is 8.14. The molecule has 0 bridgehead atoms. The summed E-state index contributed by atoms with van der Waals surface area (Å²) in [6.07, 6.45) is 0. The van der Waals surface area contributed by atoms with Crippen molar-refractivity contribution in [2.45, 2.75) is 19.6 Å². The van der Waals surface area contributed by atoms with Crippen LogP contribution in [0, 0.1) is 10.1 Å². The van der Waals surface area contributed by atoms with Crippen molar-refractivity contribution in [1.82, 2.24) is 10.2 Å². The molecule has 0 aliphatic heterocycles. The lowest BCUT2D eigenvalue weighted by Crippen LogP contribution is -2.47. The fraction of sp³-hybridized carbons (Fsp3) is 0.400. The van der Waals surface area contributed by atoms with Gasteiger partial charge >= 0.3 is 0 Å². The zero-order valence-electron chi connectivity index (χ0n) is 14.1. The second-order valence-corrected chi connectivity index (χ2v) is 6.27. The minimum atomic E-state index is -0.890. The van der Waals surface area contributed by atoms with Crippen LogP contribution in [0.5, 0.6) is 0 Å². The van der Waals surface area contributed by atoms with Crippen LogP contribution < -0.4 is 5.32 Å². The van der Waals surface area contributed by atoms with Gasteiger partial charge in [0.15, 0.2) is 0 Å². The van der Waals surface area contributed by atoms with Gasteiger partial charge in [0.2, 0.25) is 16.9 Å². The minimum Gasteiger partial charge on any atom is -0.347 e. The number of carbonyl (C=O) groups excluding carboxylic acids is 3. The number of hydrogen-bond donors (Lipinski definition) is 1. The summed E-state index contributed by atoms with van der Waals surface area (Å²) in [5.74, 6) is -0.562. The maximum absolute atomic E-state index is 12.2. The van der Waals surface area contributed by atoms with Crippen molar-refractivity contribution in [3.8, 4) is 0 Å². The third-order valence-corrected chi connectivity index (χ3v) is 4.02. The molecule has 0 spiro atoms. The van der Waals surface area contributed by atoms with E-state index in [-0.39, 0.29) is 29.3 Å². The van der Waals surface area contributed by atoms with E-state index in [4.69, 9.17) is 0 Å². The van der Waals surface area contributed by atoms with Crippen molar-refractivity contribution < 1.29 is 24.3 Å². The van der Waals surface area contributed by atoms with Crippen molar-refractivity contribution in [2.75, 3.05) is 19.8 Å². The van der Waals surface area contributed by atoms with E-state index in [2.05, 4.69) is 10.2 Å². The molecule has 0 aromatic heterocycles. The summed E-state index contributed by atoms with van der Waals surface area (Å²) >= 11 is 0.909. The van der Waals surface area contributed by atoms with Crippen LogP contribution in [0.1, 0.15) is 22.8 Å². The Morgan fingerprint density at radius 2 is 1.88 bits per heavy atom. The average Bonchev–Trinajstić information content (AvgIpc) is 2.55. The molecule has 9 nitrogen and oxygen atoms in total. The molecule has 0 aliphatic carbocycles. The van der Waals surface area contributed by atoms with Gasteiger partial charge in [0.25, 0.3) is 5.09 Å². The zero-order chi connectivity index (χ0) is 19.0.